The topological polar surface area (TPSA) is 64.0 Å². The highest BCUT2D eigenvalue weighted by Crippen LogP contribution is 2.39. The SMILES string of the molecule is O=S(=O)(Nn1nc(C(F)(F)F)cc1-c1ccc(Cl)c(Cl)c1Cl)c1ccccc1. The standard InChI is InChI=1S/C16H9Cl3F3N3O2S/c17-11-7-6-10(14(18)15(11)19)12-8-13(16(20,21)22)23-25(12)24-28(26,27)9-4-2-1-3-5-9/h1-8,24H. The summed E-state index contributed by atoms with van der Waals surface area (Å²) in [6.45, 7) is 0. The smallest absolute Gasteiger partial charge is 0.200 e. The van der Waals surface area contributed by atoms with Gasteiger partial charge in [-0.25, -0.2) is 0 Å². The predicted molar refractivity (Wildman–Crippen MR) is 101 cm³/mol. The maximum absolute atomic E-state index is 13.2. The molecule has 3 aromatic rings. The van der Waals surface area contributed by atoms with Crippen molar-refractivity contribution >= 4 is 44.8 Å². The van der Waals surface area contributed by atoms with E-state index in [0.29, 0.717) is 10.9 Å². The zero-order valence-electron chi connectivity index (χ0n) is 13.5. The van der Waals surface area contributed by atoms with Gasteiger partial charge in [-0.3, -0.25) is 0 Å². The van der Waals surface area contributed by atoms with Crippen LogP contribution < -0.4 is 4.83 Å². The second-order valence-electron chi connectivity index (χ2n) is 5.46. The average molecular weight is 471 g/mol. The Labute approximate surface area is 172 Å². The molecular weight excluding hydrogens is 462 g/mol. The number of rotatable bonds is 4. The molecule has 0 aliphatic rings. The molecule has 1 heterocycles. The fourth-order valence-corrected chi connectivity index (χ4v) is 3.89. The van der Waals surface area contributed by atoms with Crippen LogP contribution in [0.25, 0.3) is 11.3 Å². The van der Waals surface area contributed by atoms with Gasteiger partial charge in [0.15, 0.2) is 5.69 Å². The van der Waals surface area contributed by atoms with E-state index in [1.807, 2.05) is 4.83 Å². The molecule has 1 aromatic heterocycles. The van der Waals surface area contributed by atoms with Crippen molar-refractivity contribution in [2.24, 2.45) is 0 Å². The van der Waals surface area contributed by atoms with Crippen molar-refractivity contribution in [2.45, 2.75) is 11.1 Å². The summed E-state index contributed by atoms with van der Waals surface area (Å²) < 4.78 is 64.5. The highest BCUT2D eigenvalue weighted by Gasteiger charge is 2.36. The second kappa shape index (κ2) is 7.47. The maximum atomic E-state index is 13.2. The second-order valence-corrected chi connectivity index (χ2v) is 8.28. The van der Waals surface area contributed by atoms with Gasteiger partial charge in [0.25, 0.3) is 10.0 Å². The summed E-state index contributed by atoms with van der Waals surface area (Å²) in [6.07, 6.45) is -4.82. The normalized spacial score (nSPS) is 12.2. The Morgan fingerprint density at radius 3 is 2.21 bits per heavy atom. The maximum Gasteiger partial charge on any atom is 0.435 e. The Hall–Kier alpha value is -1.94. The highest BCUT2D eigenvalue weighted by atomic mass is 35.5. The fraction of sp³-hybridized carbons (Fsp3) is 0.0625. The van der Waals surface area contributed by atoms with Gasteiger partial charge < -0.3 is 0 Å². The third-order valence-electron chi connectivity index (χ3n) is 3.57. The lowest BCUT2D eigenvalue weighted by atomic mass is 10.1. The Morgan fingerprint density at radius 2 is 1.61 bits per heavy atom. The average Bonchev–Trinajstić information content (AvgIpc) is 3.04. The highest BCUT2D eigenvalue weighted by molar-refractivity contribution is 7.92. The lowest BCUT2D eigenvalue weighted by Crippen LogP contribution is -2.25. The first-order valence-electron chi connectivity index (χ1n) is 7.40. The monoisotopic (exact) mass is 469 g/mol. The van der Waals surface area contributed by atoms with Gasteiger partial charge in [0.1, 0.15) is 0 Å². The summed E-state index contributed by atoms with van der Waals surface area (Å²) in [5.74, 6) is 0. The van der Waals surface area contributed by atoms with Crippen LogP contribution >= 0.6 is 34.8 Å². The molecule has 0 amide bonds. The Balaban J connectivity index is 2.16. The van der Waals surface area contributed by atoms with Gasteiger partial charge >= 0.3 is 6.18 Å². The molecule has 12 heteroatoms. The number of benzene rings is 2. The largest absolute Gasteiger partial charge is 0.435 e. The predicted octanol–water partition coefficient (Wildman–Crippen LogP) is 5.46. The molecule has 0 saturated heterocycles. The van der Waals surface area contributed by atoms with Gasteiger partial charge in [0, 0.05) is 5.56 Å². The van der Waals surface area contributed by atoms with Crippen molar-refractivity contribution in [3.05, 3.63) is 69.3 Å². The van der Waals surface area contributed by atoms with E-state index in [1.54, 1.807) is 6.07 Å². The van der Waals surface area contributed by atoms with Gasteiger partial charge in [0.2, 0.25) is 0 Å². The molecule has 0 atom stereocenters. The number of sulfonamides is 1. The molecule has 2 aromatic carbocycles. The van der Waals surface area contributed by atoms with E-state index < -0.39 is 21.9 Å². The van der Waals surface area contributed by atoms with Crippen molar-refractivity contribution in [3.8, 4) is 11.3 Å². The van der Waals surface area contributed by atoms with Gasteiger partial charge in [-0.1, -0.05) is 53.0 Å². The van der Waals surface area contributed by atoms with E-state index in [1.165, 1.54) is 36.4 Å². The number of halogens is 6. The molecule has 3 rings (SSSR count). The molecule has 0 aliphatic carbocycles. The van der Waals surface area contributed by atoms with Crippen LogP contribution in [-0.4, -0.2) is 18.3 Å². The van der Waals surface area contributed by atoms with Gasteiger partial charge in [-0.2, -0.15) is 31.2 Å². The van der Waals surface area contributed by atoms with Crippen molar-refractivity contribution in [2.75, 3.05) is 4.83 Å². The molecule has 0 radical (unpaired) electrons. The number of hydrogen-bond donors (Lipinski definition) is 1. The molecule has 0 unspecified atom stereocenters. The minimum absolute atomic E-state index is 0.00910. The van der Waals surface area contributed by atoms with Crippen molar-refractivity contribution in [1.82, 2.24) is 9.89 Å². The summed E-state index contributed by atoms with van der Waals surface area (Å²) >= 11 is 17.9. The first kappa shape index (κ1) is 20.8. The third-order valence-corrected chi connectivity index (χ3v) is 6.17. The Morgan fingerprint density at radius 1 is 0.964 bits per heavy atom. The molecule has 0 fully saturated rings. The third kappa shape index (κ3) is 4.07. The van der Waals surface area contributed by atoms with Crippen LogP contribution in [0.2, 0.25) is 15.1 Å². The fourth-order valence-electron chi connectivity index (χ4n) is 2.27. The van der Waals surface area contributed by atoms with E-state index in [9.17, 15) is 21.6 Å². The molecule has 148 valence electrons. The molecule has 1 N–H and O–H groups in total. The minimum Gasteiger partial charge on any atom is -0.200 e. The summed E-state index contributed by atoms with van der Waals surface area (Å²) in [5.41, 5.74) is -1.58. The molecule has 0 bridgehead atoms. The van der Waals surface area contributed by atoms with E-state index in [4.69, 9.17) is 34.8 Å². The summed E-state index contributed by atoms with van der Waals surface area (Å²) in [6, 6.07) is 10.4. The van der Waals surface area contributed by atoms with Crippen LogP contribution in [0.3, 0.4) is 0 Å². The van der Waals surface area contributed by atoms with Crippen LogP contribution in [0, 0.1) is 0 Å². The van der Waals surface area contributed by atoms with E-state index in [2.05, 4.69) is 5.10 Å². The van der Waals surface area contributed by atoms with Gasteiger partial charge in [0.05, 0.1) is 25.7 Å². The first-order valence-corrected chi connectivity index (χ1v) is 10.0. The van der Waals surface area contributed by atoms with Crippen LogP contribution in [0.1, 0.15) is 5.69 Å². The number of nitrogens with one attached hydrogen (secondary N) is 1. The zero-order chi connectivity index (χ0) is 20.7. The van der Waals surface area contributed by atoms with Crippen LogP contribution in [0.15, 0.2) is 53.4 Å². The Bertz CT molecular complexity index is 1130. The number of hydrogen-bond acceptors (Lipinski definition) is 3. The molecule has 0 aliphatic heterocycles. The van der Waals surface area contributed by atoms with E-state index in [0.717, 1.165) is 0 Å². The van der Waals surface area contributed by atoms with Crippen LogP contribution in [-0.2, 0) is 16.2 Å². The number of nitrogens with zero attached hydrogens (tertiary/aromatic N) is 2. The summed E-state index contributed by atoms with van der Waals surface area (Å²) in [4.78, 5) is 2.32. The van der Waals surface area contributed by atoms with Gasteiger partial charge in [-0.15, -0.1) is 5.10 Å². The summed E-state index contributed by atoms with van der Waals surface area (Å²) in [7, 11) is -4.23. The van der Waals surface area contributed by atoms with Crippen molar-refractivity contribution < 1.29 is 21.6 Å². The quantitative estimate of drug-likeness (QED) is 0.515. The molecular formula is C16H9Cl3F3N3O2S. The van der Waals surface area contributed by atoms with E-state index >= 15 is 0 Å². The van der Waals surface area contributed by atoms with Crippen LogP contribution in [0.5, 0.6) is 0 Å². The van der Waals surface area contributed by atoms with E-state index in [-0.39, 0.29) is 31.2 Å². The lowest BCUT2D eigenvalue weighted by Gasteiger charge is -2.13. The molecule has 28 heavy (non-hydrogen) atoms. The van der Waals surface area contributed by atoms with Gasteiger partial charge in [-0.05, 0) is 30.3 Å². The van der Waals surface area contributed by atoms with Crippen molar-refractivity contribution in [3.63, 3.8) is 0 Å². The molecule has 0 spiro atoms. The molecule has 0 saturated carbocycles. The Kier molecular flexibility index (Phi) is 5.55. The minimum atomic E-state index is -4.82. The lowest BCUT2D eigenvalue weighted by molar-refractivity contribution is -0.141. The van der Waals surface area contributed by atoms with Crippen LogP contribution in [0.4, 0.5) is 13.2 Å². The summed E-state index contributed by atoms with van der Waals surface area (Å²) in [5, 5.41) is 3.17. The zero-order valence-corrected chi connectivity index (χ0v) is 16.6. The first-order chi connectivity index (χ1) is 13.0. The number of aromatic nitrogens is 2. The van der Waals surface area contributed by atoms with Crippen molar-refractivity contribution in [1.29, 1.82) is 0 Å². The number of alkyl halides is 3. The molecule has 5 nitrogen and oxygen atoms in total.